The molecule has 1 radical (unpaired) electrons. The van der Waals surface area contributed by atoms with Gasteiger partial charge in [0.15, 0.2) is 0 Å². The summed E-state index contributed by atoms with van der Waals surface area (Å²) in [5, 5.41) is 1.30. The third-order valence-corrected chi connectivity index (χ3v) is 3.19. The summed E-state index contributed by atoms with van der Waals surface area (Å²) in [5.41, 5.74) is 0.716. The number of halogens is 2. The topological polar surface area (TPSA) is 12.5 Å². The maximum atomic E-state index is 6.11. The quantitative estimate of drug-likeness (QED) is 0.706. The molecule has 14 heavy (non-hydrogen) atoms. The summed E-state index contributed by atoms with van der Waals surface area (Å²) in [5.74, 6) is 0.182. The largest absolute Gasteiger partial charge is 0.364 e. The molecule has 2 atom stereocenters. The van der Waals surface area contributed by atoms with Crippen molar-refractivity contribution in [2.45, 2.75) is 12.5 Å². The van der Waals surface area contributed by atoms with E-state index in [1.54, 1.807) is 6.07 Å². The highest BCUT2D eigenvalue weighted by molar-refractivity contribution is 6.35. The molecule has 1 fully saturated rings. The van der Waals surface area contributed by atoms with Gasteiger partial charge in [0.05, 0.1) is 6.61 Å². The predicted octanol–water partition coefficient (Wildman–Crippen LogP) is 3.69. The van der Waals surface area contributed by atoms with Crippen LogP contribution in [0.1, 0.15) is 12.5 Å². The molecule has 0 unspecified atom stereocenters. The van der Waals surface area contributed by atoms with Crippen molar-refractivity contribution in [3.63, 3.8) is 0 Å². The van der Waals surface area contributed by atoms with E-state index < -0.39 is 0 Å². The smallest absolute Gasteiger partial charge is 0.120 e. The van der Waals surface area contributed by atoms with E-state index in [-0.39, 0.29) is 11.5 Å². The van der Waals surface area contributed by atoms with E-state index in [1.165, 1.54) is 0 Å². The lowest BCUT2D eigenvalue weighted by Gasteiger charge is -2.17. The van der Waals surface area contributed by atoms with E-state index in [0.29, 0.717) is 16.7 Å². The van der Waals surface area contributed by atoms with Crippen LogP contribution < -0.4 is 0 Å². The van der Waals surface area contributed by atoms with Crippen LogP contribution in [0, 0.1) is 12.8 Å². The minimum atomic E-state index is -0.276. The number of hydrogen-bond acceptors (Lipinski definition) is 1. The van der Waals surface area contributed by atoms with Gasteiger partial charge in [-0.25, -0.2) is 0 Å². The molecule has 1 nitrogen and oxygen atoms in total. The summed E-state index contributed by atoms with van der Waals surface area (Å²) in [6, 6.07) is 5.48. The van der Waals surface area contributed by atoms with Crippen LogP contribution in [-0.2, 0) is 10.3 Å². The van der Waals surface area contributed by atoms with Crippen molar-refractivity contribution in [3.05, 3.63) is 40.7 Å². The number of ether oxygens (including phenoxy) is 1. The van der Waals surface area contributed by atoms with Gasteiger partial charge in [-0.2, -0.15) is 0 Å². The Labute approximate surface area is 94.0 Å². The summed E-state index contributed by atoms with van der Waals surface area (Å²) >= 11 is 11.9. The zero-order chi connectivity index (χ0) is 10.3. The number of rotatable bonds is 2. The molecule has 0 saturated carbocycles. The van der Waals surface area contributed by atoms with Crippen LogP contribution in [0.25, 0.3) is 0 Å². The molecule has 1 aliphatic heterocycles. The van der Waals surface area contributed by atoms with E-state index in [0.717, 1.165) is 5.56 Å². The zero-order valence-electron chi connectivity index (χ0n) is 7.89. The van der Waals surface area contributed by atoms with Gasteiger partial charge in [0, 0.05) is 15.6 Å². The maximum absolute atomic E-state index is 6.11. The molecule has 0 spiro atoms. The van der Waals surface area contributed by atoms with Crippen LogP contribution in [0.5, 0.6) is 0 Å². The van der Waals surface area contributed by atoms with Crippen molar-refractivity contribution in [1.82, 2.24) is 0 Å². The van der Waals surface area contributed by atoms with Gasteiger partial charge in [-0.05, 0) is 25.0 Å². The fourth-order valence-corrected chi connectivity index (χ4v) is 2.18. The summed E-state index contributed by atoms with van der Waals surface area (Å²) in [6.07, 6.45) is 0. The minimum absolute atomic E-state index is 0.182. The molecule has 0 aliphatic carbocycles. The van der Waals surface area contributed by atoms with E-state index in [2.05, 4.69) is 6.92 Å². The van der Waals surface area contributed by atoms with Crippen molar-refractivity contribution in [3.8, 4) is 0 Å². The monoisotopic (exact) mass is 229 g/mol. The molecule has 1 aromatic carbocycles. The fourth-order valence-electron chi connectivity index (χ4n) is 1.62. The first-order valence-corrected chi connectivity index (χ1v) is 5.24. The van der Waals surface area contributed by atoms with Crippen LogP contribution in [0.3, 0.4) is 0 Å². The summed E-state index contributed by atoms with van der Waals surface area (Å²) < 4.78 is 5.47. The highest BCUT2D eigenvalue weighted by Crippen LogP contribution is 2.47. The Hall–Kier alpha value is -0.240. The Balaban J connectivity index is 2.42. The highest BCUT2D eigenvalue weighted by Gasteiger charge is 2.50. The number of epoxide rings is 1. The summed E-state index contributed by atoms with van der Waals surface area (Å²) in [4.78, 5) is 0. The molecule has 75 valence electrons. The average molecular weight is 230 g/mol. The summed E-state index contributed by atoms with van der Waals surface area (Å²) in [7, 11) is 0. The molecule has 3 heteroatoms. The maximum Gasteiger partial charge on any atom is 0.120 e. The Morgan fingerprint density at radius 1 is 1.50 bits per heavy atom. The van der Waals surface area contributed by atoms with E-state index >= 15 is 0 Å². The van der Waals surface area contributed by atoms with Gasteiger partial charge in [0.25, 0.3) is 0 Å². The van der Waals surface area contributed by atoms with Gasteiger partial charge in [0.1, 0.15) is 5.60 Å². The molecule has 1 aliphatic rings. The second kappa shape index (κ2) is 3.41. The third kappa shape index (κ3) is 1.54. The van der Waals surface area contributed by atoms with Gasteiger partial charge in [-0.1, -0.05) is 36.2 Å². The fraction of sp³-hybridized carbons (Fsp3) is 0.364. The van der Waals surface area contributed by atoms with Gasteiger partial charge in [-0.15, -0.1) is 0 Å². The second-order valence-electron chi connectivity index (χ2n) is 3.70. The molecular weight excluding hydrogens is 219 g/mol. The van der Waals surface area contributed by atoms with Crippen LogP contribution in [-0.4, -0.2) is 6.61 Å². The molecule has 0 aromatic heterocycles. The SMILES string of the molecule is [CH2][C@H](C)[C@]1(c2ccc(Cl)cc2Cl)CO1. The second-order valence-corrected chi connectivity index (χ2v) is 4.55. The first-order chi connectivity index (χ1) is 6.56. The highest BCUT2D eigenvalue weighted by atomic mass is 35.5. The third-order valence-electron chi connectivity index (χ3n) is 2.64. The minimum Gasteiger partial charge on any atom is -0.364 e. The molecule has 1 saturated heterocycles. The Bertz CT molecular complexity index is 356. The molecule has 0 N–H and O–H groups in total. The molecule has 1 aromatic rings. The van der Waals surface area contributed by atoms with Crippen molar-refractivity contribution in [2.24, 2.45) is 5.92 Å². The first kappa shape index (κ1) is 10.3. The lowest BCUT2D eigenvalue weighted by molar-refractivity contribution is 0.258. The van der Waals surface area contributed by atoms with Crippen LogP contribution >= 0.6 is 23.2 Å². The summed E-state index contributed by atoms with van der Waals surface area (Å²) in [6.45, 7) is 6.72. The molecular formula is C11H11Cl2O. The van der Waals surface area contributed by atoms with Crippen molar-refractivity contribution >= 4 is 23.2 Å². The van der Waals surface area contributed by atoms with Crippen molar-refractivity contribution in [2.75, 3.05) is 6.61 Å². The Morgan fingerprint density at radius 3 is 2.57 bits per heavy atom. The molecule has 2 rings (SSSR count). The average Bonchev–Trinajstić information content (AvgIpc) is 2.84. The number of hydrogen-bond donors (Lipinski definition) is 0. The Kier molecular flexibility index (Phi) is 2.50. The molecule has 0 amide bonds. The van der Waals surface area contributed by atoms with Crippen LogP contribution in [0.15, 0.2) is 18.2 Å². The van der Waals surface area contributed by atoms with Gasteiger partial charge < -0.3 is 4.74 Å². The zero-order valence-corrected chi connectivity index (χ0v) is 9.40. The lowest BCUT2D eigenvalue weighted by atomic mass is 9.89. The molecule has 1 heterocycles. The van der Waals surface area contributed by atoms with E-state index in [1.807, 2.05) is 19.1 Å². The van der Waals surface area contributed by atoms with Crippen LogP contribution in [0.4, 0.5) is 0 Å². The van der Waals surface area contributed by atoms with E-state index in [9.17, 15) is 0 Å². The van der Waals surface area contributed by atoms with Gasteiger partial charge in [-0.3, -0.25) is 0 Å². The van der Waals surface area contributed by atoms with Crippen molar-refractivity contribution < 1.29 is 4.74 Å². The molecule has 0 bridgehead atoms. The standard InChI is InChI=1S/C11H11Cl2O/c1-7(2)11(6-14-11)9-4-3-8(12)5-10(9)13/h3-5,7H,1,6H2,2H3/t7-,11+/m1/s1. The Morgan fingerprint density at radius 2 is 2.14 bits per heavy atom. The van der Waals surface area contributed by atoms with Crippen LogP contribution in [0.2, 0.25) is 10.0 Å². The first-order valence-electron chi connectivity index (χ1n) is 4.49. The van der Waals surface area contributed by atoms with Gasteiger partial charge >= 0.3 is 0 Å². The van der Waals surface area contributed by atoms with E-state index in [4.69, 9.17) is 27.9 Å². The predicted molar refractivity (Wildman–Crippen MR) is 58.6 cm³/mol. The lowest BCUT2D eigenvalue weighted by Crippen LogP contribution is -2.17. The van der Waals surface area contributed by atoms with Gasteiger partial charge in [0.2, 0.25) is 0 Å². The normalized spacial score (nSPS) is 25.5. The van der Waals surface area contributed by atoms with Crippen molar-refractivity contribution in [1.29, 1.82) is 0 Å². The number of benzene rings is 1.